The summed E-state index contributed by atoms with van der Waals surface area (Å²) in [5.41, 5.74) is 0.215. The Bertz CT molecular complexity index is 692. The Kier molecular flexibility index (Phi) is 7.26. The molecule has 2 rings (SSSR count). The van der Waals surface area contributed by atoms with Gasteiger partial charge in [0.15, 0.2) is 0 Å². The minimum Gasteiger partial charge on any atom is -0.383 e. The number of morpholine rings is 1. The highest BCUT2D eigenvalue weighted by Gasteiger charge is 2.29. The molecule has 0 bridgehead atoms. The number of halogens is 1. The zero-order valence-corrected chi connectivity index (χ0v) is 14.8. The average molecular weight is 375 g/mol. The first-order valence-corrected chi connectivity index (χ1v) is 9.26. The quantitative estimate of drug-likeness (QED) is 0.622. The van der Waals surface area contributed by atoms with Crippen LogP contribution in [0.1, 0.15) is 0 Å². The molecule has 1 heterocycles. The molecule has 8 nitrogen and oxygen atoms in total. The topological polar surface area (TPSA) is 97.0 Å². The fraction of sp³-hybridized carbons (Fsp3) is 0.533. The summed E-state index contributed by atoms with van der Waals surface area (Å²) >= 11 is 0. The van der Waals surface area contributed by atoms with E-state index >= 15 is 0 Å². The molecule has 0 atom stereocenters. The number of sulfonamides is 1. The molecule has 0 aliphatic carbocycles. The highest BCUT2D eigenvalue weighted by atomic mass is 32.2. The van der Waals surface area contributed by atoms with Gasteiger partial charge in [-0.15, -0.1) is 0 Å². The number of nitrogens with one attached hydrogen (secondary N) is 2. The molecule has 0 unspecified atom stereocenters. The Balaban J connectivity index is 2.07. The molecular weight excluding hydrogens is 353 g/mol. The van der Waals surface area contributed by atoms with Gasteiger partial charge < -0.3 is 20.1 Å². The fourth-order valence-corrected chi connectivity index (χ4v) is 3.78. The maximum atomic E-state index is 14.1. The van der Waals surface area contributed by atoms with Crippen molar-refractivity contribution in [3.63, 3.8) is 0 Å². The van der Waals surface area contributed by atoms with Gasteiger partial charge in [-0.1, -0.05) is 0 Å². The SMILES string of the molecule is COCCNCC(=O)Nc1ccc(F)c(S(=O)(=O)N2CCOCC2)c1. The van der Waals surface area contributed by atoms with Crippen molar-refractivity contribution in [2.75, 3.05) is 58.4 Å². The number of carbonyl (C=O) groups is 1. The van der Waals surface area contributed by atoms with Gasteiger partial charge in [-0.3, -0.25) is 4.79 Å². The predicted molar refractivity (Wildman–Crippen MR) is 89.4 cm³/mol. The summed E-state index contributed by atoms with van der Waals surface area (Å²) in [6, 6.07) is 3.48. The van der Waals surface area contributed by atoms with Crippen molar-refractivity contribution in [2.24, 2.45) is 0 Å². The van der Waals surface area contributed by atoms with Crippen molar-refractivity contribution in [1.29, 1.82) is 0 Å². The van der Waals surface area contributed by atoms with Crippen LogP contribution >= 0.6 is 0 Å². The van der Waals surface area contributed by atoms with Crippen LogP contribution in [0.15, 0.2) is 23.1 Å². The first-order chi connectivity index (χ1) is 11.9. The second-order valence-electron chi connectivity index (χ2n) is 5.38. The lowest BCUT2D eigenvalue weighted by Gasteiger charge is -2.26. The summed E-state index contributed by atoms with van der Waals surface area (Å²) < 4.78 is 50.4. The molecular formula is C15H22FN3O5S. The van der Waals surface area contributed by atoms with Gasteiger partial charge in [0, 0.05) is 32.4 Å². The molecule has 0 radical (unpaired) electrons. The minimum absolute atomic E-state index is 0.0340. The molecule has 0 saturated carbocycles. The number of rotatable bonds is 8. The zero-order chi connectivity index (χ0) is 18.3. The van der Waals surface area contributed by atoms with Gasteiger partial charge in [0.1, 0.15) is 10.7 Å². The van der Waals surface area contributed by atoms with Gasteiger partial charge in [0.25, 0.3) is 0 Å². The summed E-state index contributed by atoms with van der Waals surface area (Å²) in [4.78, 5) is 11.4. The zero-order valence-electron chi connectivity index (χ0n) is 14.0. The molecule has 1 saturated heterocycles. The van der Waals surface area contributed by atoms with Crippen LogP contribution in [-0.4, -0.2) is 71.7 Å². The van der Waals surface area contributed by atoms with Gasteiger partial charge in [0.2, 0.25) is 15.9 Å². The van der Waals surface area contributed by atoms with Crippen LogP contribution in [0.3, 0.4) is 0 Å². The van der Waals surface area contributed by atoms with Gasteiger partial charge >= 0.3 is 0 Å². The molecule has 0 spiro atoms. The van der Waals surface area contributed by atoms with Gasteiger partial charge in [-0.2, -0.15) is 4.31 Å². The van der Waals surface area contributed by atoms with Gasteiger partial charge in [0.05, 0.1) is 26.4 Å². The van der Waals surface area contributed by atoms with Crippen molar-refractivity contribution >= 4 is 21.6 Å². The van der Waals surface area contributed by atoms with Crippen molar-refractivity contribution in [3.05, 3.63) is 24.0 Å². The van der Waals surface area contributed by atoms with Crippen molar-refractivity contribution in [2.45, 2.75) is 4.90 Å². The fourth-order valence-electron chi connectivity index (χ4n) is 2.29. The standard InChI is InChI=1S/C15H22FN3O5S/c1-23-7-4-17-11-15(20)18-12-2-3-13(16)14(10-12)25(21,22)19-5-8-24-9-6-19/h2-3,10,17H,4-9,11H2,1H3,(H,18,20). The van der Waals surface area contributed by atoms with E-state index in [4.69, 9.17) is 9.47 Å². The van der Waals surface area contributed by atoms with E-state index in [9.17, 15) is 17.6 Å². The van der Waals surface area contributed by atoms with E-state index in [0.29, 0.717) is 13.2 Å². The highest BCUT2D eigenvalue weighted by Crippen LogP contribution is 2.23. The number of methoxy groups -OCH3 is 1. The summed E-state index contributed by atoms with van der Waals surface area (Å²) in [6.45, 7) is 1.88. The number of carbonyl (C=O) groups excluding carboxylic acids is 1. The number of ether oxygens (including phenoxy) is 2. The maximum Gasteiger partial charge on any atom is 0.246 e. The van der Waals surface area contributed by atoms with Crippen LogP contribution in [0.25, 0.3) is 0 Å². The van der Waals surface area contributed by atoms with Crippen LogP contribution in [0, 0.1) is 5.82 Å². The number of amides is 1. The van der Waals surface area contributed by atoms with Gasteiger partial charge in [-0.05, 0) is 18.2 Å². The first kappa shape index (κ1) is 19.7. The molecule has 0 aromatic heterocycles. The molecule has 25 heavy (non-hydrogen) atoms. The van der Waals surface area contributed by atoms with E-state index < -0.39 is 20.7 Å². The Hall–Kier alpha value is -1.59. The van der Waals surface area contributed by atoms with E-state index in [2.05, 4.69) is 10.6 Å². The minimum atomic E-state index is -3.98. The third kappa shape index (κ3) is 5.44. The average Bonchev–Trinajstić information content (AvgIpc) is 2.61. The number of nitrogens with zero attached hydrogens (tertiary/aromatic N) is 1. The molecule has 1 aliphatic heterocycles. The summed E-state index contributed by atoms with van der Waals surface area (Å²) in [6.07, 6.45) is 0. The predicted octanol–water partition coefficient (Wildman–Crippen LogP) is 0.0211. The summed E-state index contributed by atoms with van der Waals surface area (Å²) in [5.74, 6) is -1.22. The van der Waals surface area contributed by atoms with E-state index in [1.54, 1.807) is 7.11 Å². The second-order valence-corrected chi connectivity index (χ2v) is 7.29. The van der Waals surface area contributed by atoms with E-state index in [0.717, 1.165) is 12.1 Å². The lowest BCUT2D eigenvalue weighted by atomic mass is 10.3. The van der Waals surface area contributed by atoms with Crippen LogP contribution in [-0.2, 0) is 24.3 Å². The Labute approximate surface area is 146 Å². The first-order valence-electron chi connectivity index (χ1n) is 7.82. The molecule has 140 valence electrons. The number of benzene rings is 1. The lowest BCUT2D eigenvalue weighted by Crippen LogP contribution is -2.41. The second kappa shape index (κ2) is 9.20. The molecule has 2 N–H and O–H groups in total. The van der Waals surface area contributed by atoms with E-state index in [1.165, 1.54) is 10.4 Å². The molecule has 1 aromatic carbocycles. The smallest absolute Gasteiger partial charge is 0.246 e. The van der Waals surface area contributed by atoms with E-state index in [1.807, 2.05) is 0 Å². The number of hydrogen-bond donors (Lipinski definition) is 2. The van der Waals surface area contributed by atoms with Crippen molar-refractivity contribution < 1.29 is 27.1 Å². The third-order valence-corrected chi connectivity index (χ3v) is 5.49. The van der Waals surface area contributed by atoms with Crippen molar-refractivity contribution in [3.8, 4) is 0 Å². The maximum absolute atomic E-state index is 14.1. The summed E-state index contributed by atoms with van der Waals surface area (Å²) in [5, 5.41) is 5.41. The van der Waals surface area contributed by atoms with Crippen LogP contribution < -0.4 is 10.6 Å². The summed E-state index contributed by atoms with van der Waals surface area (Å²) in [7, 11) is -2.43. The monoisotopic (exact) mass is 375 g/mol. The Morgan fingerprint density at radius 1 is 1.36 bits per heavy atom. The molecule has 1 fully saturated rings. The Morgan fingerprint density at radius 3 is 2.76 bits per heavy atom. The largest absolute Gasteiger partial charge is 0.383 e. The molecule has 1 aromatic rings. The normalized spacial score (nSPS) is 15.9. The van der Waals surface area contributed by atoms with Crippen molar-refractivity contribution in [1.82, 2.24) is 9.62 Å². The molecule has 1 amide bonds. The number of anilines is 1. The molecule has 1 aliphatic rings. The van der Waals surface area contributed by atoms with Gasteiger partial charge in [-0.25, -0.2) is 12.8 Å². The third-order valence-electron chi connectivity index (χ3n) is 3.57. The van der Waals surface area contributed by atoms with Crippen LogP contribution in [0.5, 0.6) is 0 Å². The van der Waals surface area contributed by atoms with E-state index in [-0.39, 0.29) is 44.4 Å². The molecule has 10 heteroatoms. The van der Waals surface area contributed by atoms with Crippen LogP contribution in [0.4, 0.5) is 10.1 Å². The number of hydrogen-bond acceptors (Lipinski definition) is 6. The van der Waals surface area contributed by atoms with Crippen LogP contribution in [0.2, 0.25) is 0 Å². The Morgan fingerprint density at radius 2 is 2.08 bits per heavy atom. The lowest BCUT2D eigenvalue weighted by molar-refractivity contribution is -0.115. The highest BCUT2D eigenvalue weighted by molar-refractivity contribution is 7.89.